The van der Waals surface area contributed by atoms with E-state index < -0.39 is 31.5 Å². The molecule has 0 saturated carbocycles. The Morgan fingerprint density at radius 1 is 1.10 bits per heavy atom. The molecule has 1 aromatic carbocycles. The second-order valence-electron chi connectivity index (χ2n) is 7.35. The maximum absolute atomic E-state index is 12.9. The molecule has 1 fully saturated rings. The molecule has 1 N–H and O–H groups in total. The zero-order chi connectivity index (χ0) is 22.5. The molecule has 1 aromatic rings. The van der Waals surface area contributed by atoms with Crippen LogP contribution >= 0.6 is 0 Å². The first-order valence-corrected chi connectivity index (χ1v) is 9.39. The van der Waals surface area contributed by atoms with Gasteiger partial charge in [0.05, 0.1) is 5.56 Å². The van der Waals surface area contributed by atoms with E-state index in [4.69, 9.17) is 4.74 Å². The molecule has 0 spiro atoms. The molecule has 170 valence electrons. The maximum Gasteiger partial charge on any atom is 0.422 e. The van der Waals surface area contributed by atoms with Crippen LogP contribution in [0.4, 0.5) is 26.3 Å². The first-order valence-electron chi connectivity index (χ1n) is 9.39. The van der Waals surface area contributed by atoms with Gasteiger partial charge in [-0.2, -0.15) is 26.3 Å². The number of amides is 1. The highest BCUT2D eigenvalue weighted by Crippen LogP contribution is 2.29. The summed E-state index contributed by atoms with van der Waals surface area (Å²) in [5, 5.41) is 3.34. The van der Waals surface area contributed by atoms with Gasteiger partial charge in [-0.3, -0.25) is 4.79 Å². The van der Waals surface area contributed by atoms with Crippen molar-refractivity contribution in [3.05, 3.63) is 23.8 Å². The average Bonchev–Trinajstić information content (AvgIpc) is 2.63. The summed E-state index contributed by atoms with van der Waals surface area (Å²) in [4.78, 5) is 14.2. The fourth-order valence-electron chi connectivity index (χ4n) is 3.22. The number of hydrogen-bond donors (Lipinski definition) is 1. The number of benzene rings is 1. The normalized spacial score (nSPS) is 20.0. The number of nitrogens with one attached hydrogen (secondary N) is 1. The Morgan fingerprint density at radius 2 is 1.73 bits per heavy atom. The summed E-state index contributed by atoms with van der Waals surface area (Å²) in [6, 6.07) is 3.27. The van der Waals surface area contributed by atoms with Gasteiger partial charge >= 0.3 is 12.4 Å². The Morgan fingerprint density at radius 3 is 2.33 bits per heavy atom. The molecule has 1 amide bonds. The average molecular weight is 442 g/mol. The monoisotopic (exact) mass is 442 g/mol. The lowest BCUT2D eigenvalue weighted by molar-refractivity contribution is -0.154. The van der Waals surface area contributed by atoms with Gasteiger partial charge < -0.3 is 19.7 Å². The third-order valence-corrected chi connectivity index (χ3v) is 4.53. The van der Waals surface area contributed by atoms with E-state index in [2.05, 4.69) is 10.1 Å². The van der Waals surface area contributed by atoms with Gasteiger partial charge in [-0.25, -0.2) is 0 Å². The molecule has 1 heterocycles. The van der Waals surface area contributed by atoms with Gasteiger partial charge in [0.1, 0.15) is 11.5 Å². The number of halogens is 6. The lowest BCUT2D eigenvalue weighted by Crippen LogP contribution is -2.47. The van der Waals surface area contributed by atoms with Gasteiger partial charge in [0.25, 0.3) is 5.91 Å². The van der Waals surface area contributed by atoms with E-state index in [0.717, 1.165) is 37.5 Å². The topological polar surface area (TPSA) is 50.8 Å². The number of likely N-dealkylation sites (N-methyl/N-ethyl adjacent to an activating group) is 1. The number of piperidine rings is 1. The summed E-state index contributed by atoms with van der Waals surface area (Å²) in [6.07, 6.45) is -6.44. The first kappa shape index (κ1) is 24.1. The van der Waals surface area contributed by atoms with E-state index in [9.17, 15) is 31.1 Å². The van der Waals surface area contributed by atoms with Crippen LogP contribution in [-0.4, -0.2) is 62.0 Å². The van der Waals surface area contributed by atoms with E-state index in [0.29, 0.717) is 0 Å². The fraction of sp³-hybridized carbons (Fsp3) is 0.632. The zero-order valence-corrected chi connectivity index (χ0v) is 16.6. The first-order chi connectivity index (χ1) is 13.8. The number of hydrogen-bond acceptors (Lipinski definition) is 4. The molecule has 2 rings (SSSR count). The summed E-state index contributed by atoms with van der Waals surface area (Å²) < 4.78 is 84.1. The van der Waals surface area contributed by atoms with Gasteiger partial charge in [-0.05, 0) is 38.0 Å². The fourth-order valence-corrected chi connectivity index (χ4v) is 3.22. The van der Waals surface area contributed by atoms with Crippen LogP contribution in [0.1, 0.15) is 36.5 Å². The number of carbonyl (C=O) groups is 1. The maximum atomic E-state index is 12.9. The van der Waals surface area contributed by atoms with Gasteiger partial charge in [0, 0.05) is 25.7 Å². The number of rotatable bonds is 7. The molecule has 2 atom stereocenters. The molecule has 0 aromatic heterocycles. The van der Waals surface area contributed by atoms with Crippen LogP contribution in [-0.2, 0) is 0 Å². The van der Waals surface area contributed by atoms with Crippen molar-refractivity contribution in [2.45, 2.75) is 50.6 Å². The van der Waals surface area contributed by atoms with Crippen molar-refractivity contribution in [2.24, 2.45) is 0 Å². The number of carbonyl (C=O) groups excluding carboxylic acids is 1. The molecule has 5 nitrogen and oxygen atoms in total. The van der Waals surface area contributed by atoms with Crippen molar-refractivity contribution in [3.8, 4) is 11.5 Å². The Hall–Kier alpha value is -2.17. The second-order valence-corrected chi connectivity index (χ2v) is 7.35. The summed E-state index contributed by atoms with van der Waals surface area (Å²) in [5.41, 5.74) is -0.301. The molecule has 2 unspecified atom stereocenters. The molecule has 0 bridgehead atoms. The summed E-state index contributed by atoms with van der Waals surface area (Å²) in [5.74, 6) is -1.36. The predicted molar refractivity (Wildman–Crippen MR) is 96.7 cm³/mol. The third kappa shape index (κ3) is 7.92. The van der Waals surface area contributed by atoms with E-state index in [1.54, 1.807) is 0 Å². The molecule has 1 aliphatic rings. The molecule has 1 aliphatic heterocycles. The Balaban J connectivity index is 2.19. The SMILES string of the molecule is CC1CCCC(CN(C)C(=O)c2cc(OCC(F)(F)F)ccc2OCC(F)(F)F)N1. The summed E-state index contributed by atoms with van der Waals surface area (Å²) in [6.45, 7) is -0.932. The van der Waals surface area contributed by atoms with Gasteiger partial charge in [-0.15, -0.1) is 0 Å². The van der Waals surface area contributed by atoms with Crippen molar-refractivity contribution in [1.82, 2.24) is 10.2 Å². The predicted octanol–water partition coefficient (Wildman–Crippen LogP) is 4.17. The van der Waals surface area contributed by atoms with Crippen LogP contribution in [0.2, 0.25) is 0 Å². The minimum absolute atomic E-state index is 0.00639. The summed E-state index contributed by atoms with van der Waals surface area (Å²) >= 11 is 0. The van der Waals surface area contributed by atoms with Crippen LogP contribution in [0.5, 0.6) is 11.5 Å². The zero-order valence-electron chi connectivity index (χ0n) is 16.6. The quantitative estimate of drug-likeness (QED) is 0.644. The van der Waals surface area contributed by atoms with Gasteiger partial charge in [0.15, 0.2) is 13.2 Å². The smallest absolute Gasteiger partial charge is 0.422 e. The van der Waals surface area contributed by atoms with Crippen LogP contribution < -0.4 is 14.8 Å². The van der Waals surface area contributed by atoms with Gasteiger partial charge in [0.2, 0.25) is 0 Å². The minimum atomic E-state index is -4.64. The highest BCUT2D eigenvalue weighted by Gasteiger charge is 2.31. The van der Waals surface area contributed by atoms with Crippen LogP contribution in [0.25, 0.3) is 0 Å². The molecule has 1 saturated heterocycles. The van der Waals surface area contributed by atoms with Crippen molar-refractivity contribution in [3.63, 3.8) is 0 Å². The largest absolute Gasteiger partial charge is 0.484 e. The number of alkyl halides is 6. The second kappa shape index (κ2) is 9.76. The lowest BCUT2D eigenvalue weighted by Gasteiger charge is -2.32. The molecule has 0 aliphatic carbocycles. The van der Waals surface area contributed by atoms with Crippen LogP contribution in [0, 0.1) is 0 Å². The van der Waals surface area contributed by atoms with E-state index in [-0.39, 0.29) is 35.7 Å². The molecule has 11 heteroatoms. The van der Waals surface area contributed by atoms with Crippen molar-refractivity contribution >= 4 is 5.91 Å². The highest BCUT2D eigenvalue weighted by atomic mass is 19.4. The van der Waals surface area contributed by atoms with Crippen LogP contribution in [0.15, 0.2) is 18.2 Å². The lowest BCUT2D eigenvalue weighted by atomic mass is 9.99. The molecule has 0 radical (unpaired) electrons. The Kier molecular flexibility index (Phi) is 7.84. The van der Waals surface area contributed by atoms with E-state index in [1.165, 1.54) is 11.9 Å². The minimum Gasteiger partial charge on any atom is -0.484 e. The highest BCUT2D eigenvalue weighted by molar-refractivity contribution is 5.97. The molecular weight excluding hydrogens is 418 g/mol. The van der Waals surface area contributed by atoms with Crippen molar-refractivity contribution in [1.29, 1.82) is 0 Å². The third-order valence-electron chi connectivity index (χ3n) is 4.53. The summed E-state index contributed by atoms with van der Waals surface area (Å²) in [7, 11) is 1.47. The molecule has 30 heavy (non-hydrogen) atoms. The van der Waals surface area contributed by atoms with Crippen LogP contribution in [0.3, 0.4) is 0 Å². The Bertz CT molecular complexity index is 723. The van der Waals surface area contributed by atoms with Crippen molar-refractivity contribution in [2.75, 3.05) is 26.8 Å². The number of nitrogens with zero attached hydrogens (tertiary/aromatic N) is 1. The van der Waals surface area contributed by atoms with E-state index in [1.807, 2.05) is 6.92 Å². The number of ether oxygens (including phenoxy) is 2. The molecular formula is C19H24F6N2O3. The standard InChI is InChI=1S/C19H24F6N2O3/c1-12-4-3-5-13(26-12)9-27(2)17(28)15-8-14(29-10-18(20,21)22)6-7-16(15)30-11-19(23,24)25/h6-8,12-13,26H,3-5,9-11H2,1-2H3. The van der Waals surface area contributed by atoms with Crippen molar-refractivity contribution < 1.29 is 40.6 Å². The van der Waals surface area contributed by atoms with E-state index >= 15 is 0 Å². The Labute approximate surface area is 170 Å². The van der Waals surface area contributed by atoms with Gasteiger partial charge in [-0.1, -0.05) is 6.42 Å².